The molecule has 1 aliphatic rings. The molecule has 0 saturated heterocycles. The van der Waals surface area contributed by atoms with E-state index in [1.165, 1.54) is 32.1 Å². The third kappa shape index (κ3) is 2.93. The second-order valence-electron chi connectivity index (χ2n) is 4.81. The van der Waals surface area contributed by atoms with Gasteiger partial charge in [0.05, 0.1) is 7.11 Å². The predicted molar refractivity (Wildman–Crippen MR) is 71.5 cm³/mol. The summed E-state index contributed by atoms with van der Waals surface area (Å²) >= 11 is 6.05. The molecule has 1 aromatic carbocycles. The zero-order valence-electron chi connectivity index (χ0n) is 10.3. The predicted octanol–water partition coefficient (Wildman–Crippen LogP) is 3.93. The molecule has 0 amide bonds. The minimum Gasteiger partial charge on any atom is -0.496 e. The largest absolute Gasteiger partial charge is 0.496 e. The average Bonchev–Trinajstić information content (AvgIpc) is 2.39. The molecule has 0 spiro atoms. The van der Waals surface area contributed by atoms with Crippen LogP contribution in [-0.4, -0.2) is 7.11 Å². The maximum atomic E-state index is 6.38. The van der Waals surface area contributed by atoms with Gasteiger partial charge < -0.3 is 10.5 Å². The first-order valence-corrected chi connectivity index (χ1v) is 6.69. The Kier molecular flexibility index (Phi) is 4.30. The van der Waals surface area contributed by atoms with Crippen LogP contribution in [0.1, 0.15) is 43.7 Å². The van der Waals surface area contributed by atoms with Crippen LogP contribution in [0.5, 0.6) is 5.75 Å². The van der Waals surface area contributed by atoms with E-state index in [0.29, 0.717) is 5.92 Å². The van der Waals surface area contributed by atoms with Crippen LogP contribution in [-0.2, 0) is 0 Å². The van der Waals surface area contributed by atoms with Crippen LogP contribution in [0.25, 0.3) is 0 Å². The number of rotatable bonds is 3. The van der Waals surface area contributed by atoms with Crippen molar-refractivity contribution in [3.05, 3.63) is 28.8 Å². The smallest absolute Gasteiger partial charge is 0.123 e. The quantitative estimate of drug-likeness (QED) is 0.886. The summed E-state index contributed by atoms with van der Waals surface area (Å²) in [7, 11) is 1.68. The third-order valence-corrected chi connectivity index (χ3v) is 3.94. The first kappa shape index (κ1) is 12.7. The highest BCUT2D eigenvalue weighted by Gasteiger charge is 2.24. The highest BCUT2D eigenvalue weighted by Crippen LogP contribution is 2.37. The van der Waals surface area contributed by atoms with E-state index >= 15 is 0 Å². The number of halogens is 1. The molecule has 2 rings (SSSR count). The van der Waals surface area contributed by atoms with Gasteiger partial charge >= 0.3 is 0 Å². The minimum absolute atomic E-state index is 0.0453. The summed E-state index contributed by atoms with van der Waals surface area (Å²) in [5.41, 5.74) is 7.42. The Bertz CT molecular complexity index is 374. The van der Waals surface area contributed by atoms with Crippen molar-refractivity contribution in [3.8, 4) is 5.75 Å². The lowest BCUT2D eigenvalue weighted by Crippen LogP contribution is -2.24. The maximum absolute atomic E-state index is 6.38. The number of nitrogens with two attached hydrogens (primary N) is 1. The molecule has 0 unspecified atom stereocenters. The molecule has 94 valence electrons. The molecule has 1 aliphatic carbocycles. The lowest BCUT2D eigenvalue weighted by Gasteiger charge is -2.28. The van der Waals surface area contributed by atoms with Gasteiger partial charge in [-0.25, -0.2) is 0 Å². The van der Waals surface area contributed by atoms with Crippen LogP contribution < -0.4 is 10.5 Å². The molecule has 17 heavy (non-hydrogen) atoms. The third-order valence-electron chi connectivity index (χ3n) is 3.71. The Morgan fingerprint density at radius 2 is 2.00 bits per heavy atom. The molecule has 0 radical (unpaired) electrons. The molecule has 1 aromatic rings. The van der Waals surface area contributed by atoms with Crippen molar-refractivity contribution in [2.75, 3.05) is 7.11 Å². The number of ether oxygens (including phenoxy) is 1. The van der Waals surface area contributed by atoms with Gasteiger partial charge in [-0.05, 0) is 37.0 Å². The van der Waals surface area contributed by atoms with Gasteiger partial charge in [-0.3, -0.25) is 0 Å². The lowest BCUT2D eigenvalue weighted by atomic mass is 9.81. The van der Waals surface area contributed by atoms with Crippen molar-refractivity contribution < 1.29 is 4.74 Å². The van der Waals surface area contributed by atoms with Gasteiger partial charge in [0.2, 0.25) is 0 Å². The van der Waals surface area contributed by atoms with E-state index in [1.54, 1.807) is 7.11 Å². The van der Waals surface area contributed by atoms with E-state index in [1.807, 2.05) is 18.2 Å². The summed E-state index contributed by atoms with van der Waals surface area (Å²) in [4.78, 5) is 0. The molecular formula is C14H20ClNO. The molecule has 0 aromatic heterocycles. The number of benzene rings is 1. The Labute approximate surface area is 108 Å². The average molecular weight is 254 g/mol. The van der Waals surface area contributed by atoms with Crippen LogP contribution in [0.4, 0.5) is 0 Å². The van der Waals surface area contributed by atoms with Gasteiger partial charge in [-0.1, -0.05) is 30.9 Å². The summed E-state index contributed by atoms with van der Waals surface area (Å²) in [6, 6.07) is 5.74. The van der Waals surface area contributed by atoms with Gasteiger partial charge in [0.25, 0.3) is 0 Å². The van der Waals surface area contributed by atoms with Crippen LogP contribution in [0.2, 0.25) is 5.02 Å². The normalized spacial score (nSPS) is 19.0. The van der Waals surface area contributed by atoms with E-state index in [2.05, 4.69) is 0 Å². The fourth-order valence-electron chi connectivity index (χ4n) is 2.71. The first-order valence-electron chi connectivity index (χ1n) is 6.31. The van der Waals surface area contributed by atoms with Crippen LogP contribution >= 0.6 is 11.6 Å². The SMILES string of the molecule is COc1ccc(Cl)cc1[C@H](N)C1CCCCC1. The fraction of sp³-hybridized carbons (Fsp3) is 0.571. The van der Waals surface area contributed by atoms with Crippen LogP contribution in [0, 0.1) is 5.92 Å². The summed E-state index contributed by atoms with van der Waals surface area (Å²) in [6.07, 6.45) is 6.37. The summed E-state index contributed by atoms with van der Waals surface area (Å²) in [5.74, 6) is 1.42. The molecule has 2 nitrogen and oxygen atoms in total. The first-order chi connectivity index (χ1) is 8.22. The molecule has 0 aliphatic heterocycles. The van der Waals surface area contributed by atoms with E-state index in [-0.39, 0.29) is 6.04 Å². The maximum Gasteiger partial charge on any atom is 0.123 e. The van der Waals surface area contributed by atoms with Crippen molar-refractivity contribution in [1.82, 2.24) is 0 Å². The fourth-order valence-corrected chi connectivity index (χ4v) is 2.89. The zero-order valence-corrected chi connectivity index (χ0v) is 11.0. The Morgan fingerprint density at radius 1 is 1.29 bits per heavy atom. The Hall–Kier alpha value is -0.730. The Balaban J connectivity index is 2.21. The van der Waals surface area contributed by atoms with Crippen molar-refractivity contribution in [1.29, 1.82) is 0 Å². The molecule has 1 atom stereocenters. The van der Waals surface area contributed by atoms with Crippen molar-refractivity contribution in [2.24, 2.45) is 11.7 Å². The minimum atomic E-state index is 0.0453. The molecular weight excluding hydrogens is 234 g/mol. The van der Waals surface area contributed by atoms with Gasteiger partial charge in [0.15, 0.2) is 0 Å². The van der Waals surface area contributed by atoms with E-state index in [9.17, 15) is 0 Å². The molecule has 0 bridgehead atoms. The van der Waals surface area contributed by atoms with E-state index in [4.69, 9.17) is 22.1 Å². The summed E-state index contributed by atoms with van der Waals surface area (Å²) in [6.45, 7) is 0. The van der Waals surface area contributed by atoms with Gasteiger partial charge in [-0.2, -0.15) is 0 Å². The zero-order chi connectivity index (χ0) is 12.3. The highest BCUT2D eigenvalue weighted by atomic mass is 35.5. The Morgan fingerprint density at radius 3 is 2.65 bits per heavy atom. The van der Waals surface area contributed by atoms with Gasteiger partial charge in [0.1, 0.15) is 5.75 Å². The van der Waals surface area contributed by atoms with Crippen molar-refractivity contribution >= 4 is 11.6 Å². The standard InChI is InChI=1S/C14H20ClNO/c1-17-13-8-7-11(15)9-12(13)14(16)10-5-3-2-4-6-10/h7-10,14H,2-6,16H2,1H3/t14-/m1/s1. The van der Waals surface area contributed by atoms with Gasteiger partial charge in [-0.15, -0.1) is 0 Å². The highest BCUT2D eigenvalue weighted by molar-refractivity contribution is 6.30. The van der Waals surface area contributed by atoms with Crippen molar-refractivity contribution in [2.45, 2.75) is 38.1 Å². The second kappa shape index (κ2) is 5.74. The van der Waals surface area contributed by atoms with Crippen LogP contribution in [0.15, 0.2) is 18.2 Å². The summed E-state index contributed by atoms with van der Waals surface area (Å²) < 4.78 is 5.37. The number of hydrogen-bond donors (Lipinski definition) is 1. The molecule has 2 N–H and O–H groups in total. The summed E-state index contributed by atoms with van der Waals surface area (Å²) in [5, 5.41) is 0.729. The molecule has 3 heteroatoms. The van der Waals surface area contributed by atoms with E-state index < -0.39 is 0 Å². The van der Waals surface area contributed by atoms with Crippen LogP contribution in [0.3, 0.4) is 0 Å². The number of methoxy groups -OCH3 is 1. The topological polar surface area (TPSA) is 35.2 Å². The number of hydrogen-bond acceptors (Lipinski definition) is 2. The van der Waals surface area contributed by atoms with Crippen molar-refractivity contribution in [3.63, 3.8) is 0 Å². The monoisotopic (exact) mass is 253 g/mol. The second-order valence-corrected chi connectivity index (χ2v) is 5.25. The van der Waals surface area contributed by atoms with E-state index in [0.717, 1.165) is 16.3 Å². The lowest BCUT2D eigenvalue weighted by molar-refractivity contribution is 0.301. The molecule has 1 fully saturated rings. The molecule has 1 saturated carbocycles. The van der Waals surface area contributed by atoms with Gasteiger partial charge in [0, 0.05) is 16.6 Å². The molecule has 0 heterocycles.